The molecular weight excluding hydrogens is 372 g/mol. The van der Waals surface area contributed by atoms with E-state index >= 15 is 0 Å². The van der Waals surface area contributed by atoms with Crippen molar-refractivity contribution >= 4 is 29.3 Å². The maximum absolute atomic E-state index is 13.1. The summed E-state index contributed by atoms with van der Waals surface area (Å²) in [6.07, 6.45) is 1.84. The zero-order chi connectivity index (χ0) is 18.3. The third kappa shape index (κ3) is 3.17. The molecule has 1 N–H and O–H groups in total. The molecular formula is C18H21ClN4O2S. The average Bonchev–Trinajstić information content (AvgIpc) is 3.18. The van der Waals surface area contributed by atoms with E-state index in [1.54, 1.807) is 0 Å². The molecule has 2 aliphatic heterocycles. The minimum atomic E-state index is -0.342. The molecule has 8 heteroatoms. The number of aromatic nitrogens is 3. The van der Waals surface area contributed by atoms with Gasteiger partial charge in [-0.15, -0.1) is 5.10 Å². The molecule has 0 spiro atoms. The Hall–Kier alpha value is -1.41. The maximum Gasteiger partial charge on any atom is 0.264 e. The first-order chi connectivity index (χ1) is 12.6. The van der Waals surface area contributed by atoms with Gasteiger partial charge in [0.1, 0.15) is 5.25 Å². The van der Waals surface area contributed by atoms with Gasteiger partial charge in [0, 0.05) is 24.5 Å². The Kier molecular flexibility index (Phi) is 5.05. The molecule has 26 heavy (non-hydrogen) atoms. The number of likely N-dealkylation sites (tertiary alicyclic amines) is 1. The summed E-state index contributed by atoms with van der Waals surface area (Å²) < 4.78 is 1.44. The zero-order valence-electron chi connectivity index (χ0n) is 14.5. The van der Waals surface area contributed by atoms with E-state index in [1.165, 1.54) is 16.4 Å². The molecule has 1 aromatic carbocycles. The maximum atomic E-state index is 13.1. The summed E-state index contributed by atoms with van der Waals surface area (Å²) in [5, 5.41) is 15.2. The van der Waals surface area contributed by atoms with Crippen LogP contribution < -0.4 is 0 Å². The van der Waals surface area contributed by atoms with Gasteiger partial charge in [-0.2, -0.15) is 4.68 Å². The van der Waals surface area contributed by atoms with Crippen molar-refractivity contribution in [3.8, 4) is 0 Å². The number of fused-ring (bicyclic) bond motifs is 1. The highest BCUT2D eigenvalue weighted by Gasteiger charge is 2.44. The first kappa shape index (κ1) is 18.0. The van der Waals surface area contributed by atoms with Gasteiger partial charge in [0.05, 0.1) is 12.1 Å². The predicted octanol–water partition coefficient (Wildman–Crippen LogP) is 2.81. The number of piperidine rings is 1. The Bertz CT molecular complexity index is 819. The third-order valence-electron chi connectivity index (χ3n) is 5.03. The van der Waals surface area contributed by atoms with Gasteiger partial charge < -0.3 is 5.11 Å². The number of carbonyl (C=O) groups is 1. The molecule has 2 atom stereocenters. The number of aryl methyl sites for hydroxylation is 1. The lowest BCUT2D eigenvalue weighted by Gasteiger charge is -2.38. The van der Waals surface area contributed by atoms with Crippen molar-refractivity contribution in [2.75, 3.05) is 13.1 Å². The predicted molar refractivity (Wildman–Crippen MR) is 101 cm³/mol. The number of aliphatic hydroxyl groups excluding tert-OH is 1. The summed E-state index contributed by atoms with van der Waals surface area (Å²) >= 11 is 7.95. The standard InChI is InChI=1S/C18H21ClN4O2S/c1-2-14-20-18-23(21-14)17(25)16(26-18)15(12-5-3-4-6-13(12)19)22-9-7-11(24)8-10-22/h3-6,11,15-16,24H,2,7-10H2,1H3. The van der Waals surface area contributed by atoms with Crippen LogP contribution in [0.25, 0.3) is 0 Å². The minimum absolute atomic E-state index is 0.0479. The molecule has 2 aliphatic rings. The molecule has 0 bridgehead atoms. The Morgan fingerprint density at radius 3 is 2.73 bits per heavy atom. The second-order valence-corrected chi connectivity index (χ2v) is 8.20. The molecule has 6 nitrogen and oxygen atoms in total. The molecule has 0 radical (unpaired) electrons. The zero-order valence-corrected chi connectivity index (χ0v) is 16.1. The number of carbonyl (C=O) groups excluding carboxylic acids is 1. The van der Waals surface area contributed by atoms with E-state index in [1.807, 2.05) is 31.2 Å². The van der Waals surface area contributed by atoms with Gasteiger partial charge in [-0.05, 0) is 24.5 Å². The van der Waals surface area contributed by atoms with Crippen LogP contribution in [0, 0.1) is 0 Å². The van der Waals surface area contributed by atoms with E-state index in [9.17, 15) is 9.90 Å². The average molecular weight is 393 g/mol. The summed E-state index contributed by atoms with van der Waals surface area (Å²) in [5.41, 5.74) is 0.942. The second-order valence-electron chi connectivity index (χ2n) is 6.69. The highest BCUT2D eigenvalue weighted by Crippen LogP contribution is 2.43. The molecule has 0 saturated carbocycles. The summed E-state index contributed by atoms with van der Waals surface area (Å²) in [4.78, 5) is 19.8. The second kappa shape index (κ2) is 7.31. The van der Waals surface area contributed by atoms with Gasteiger partial charge in [0.15, 0.2) is 11.0 Å². The van der Waals surface area contributed by atoms with Gasteiger partial charge in [0.2, 0.25) is 0 Å². The lowest BCUT2D eigenvalue weighted by molar-refractivity contribution is 0.0552. The largest absolute Gasteiger partial charge is 0.393 e. The van der Waals surface area contributed by atoms with Crippen LogP contribution in [0.4, 0.5) is 0 Å². The Morgan fingerprint density at radius 2 is 2.08 bits per heavy atom. The smallest absolute Gasteiger partial charge is 0.264 e. The van der Waals surface area contributed by atoms with Crippen molar-refractivity contribution in [3.63, 3.8) is 0 Å². The van der Waals surface area contributed by atoms with Gasteiger partial charge in [-0.1, -0.05) is 48.5 Å². The van der Waals surface area contributed by atoms with E-state index < -0.39 is 0 Å². The fraction of sp³-hybridized carbons (Fsp3) is 0.500. The number of nitrogens with zero attached hydrogens (tertiary/aromatic N) is 4. The van der Waals surface area contributed by atoms with E-state index in [2.05, 4.69) is 15.0 Å². The molecule has 0 aliphatic carbocycles. The Morgan fingerprint density at radius 1 is 1.35 bits per heavy atom. The number of hydrogen-bond acceptors (Lipinski definition) is 6. The molecule has 0 amide bonds. The van der Waals surface area contributed by atoms with E-state index in [4.69, 9.17) is 11.6 Å². The number of aliphatic hydroxyl groups is 1. The first-order valence-corrected chi connectivity index (χ1v) is 10.2. The Balaban J connectivity index is 1.68. The van der Waals surface area contributed by atoms with E-state index in [-0.39, 0.29) is 23.3 Å². The highest BCUT2D eigenvalue weighted by atomic mass is 35.5. The highest BCUT2D eigenvalue weighted by molar-refractivity contribution is 8.00. The number of thioether (sulfide) groups is 1. The third-order valence-corrected chi connectivity index (χ3v) is 6.56. The molecule has 4 rings (SSSR count). The molecule has 138 valence electrons. The summed E-state index contributed by atoms with van der Waals surface area (Å²) in [6, 6.07) is 7.52. The van der Waals surface area contributed by atoms with Crippen LogP contribution in [0.5, 0.6) is 0 Å². The fourth-order valence-corrected chi connectivity index (χ4v) is 5.13. The number of hydrogen-bond donors (Lipinski definition) is 1. The van der Waals surface area contributed by atoms with Crippen molar-refractivity contribution in [3.05, 3.63) is 40.7 Å². The van der Waals surface area contributed by atoms with Crippen molar-refractivity contribution in [2.45, 2.75) is 48.7 Å². The molecule has 1 saturated heterocycles. The summed E-state index contributed by atoms with van der Waals surface area (Å²) in [7, 11) is 0. The molecule has 3 heterocycles. The topological polar surface area (TPSA) is 71.2 Å². The molecule has 2 aromatic rings. The normalized spacial score (nSPS) is 22.6. The lowest BCUT2D eigenvalue weighted by Crippen LogP contribution is -2.44. The van der Waals surface area contributed by atoms with Gasteiger partial charge in [-0.25, -0.2) is 4.98 Å². The quantitative estimate of drug-likeness (QED) is 0.862. The summed E-state index contributed by atoms with van der Waals surface area (Å²) in [5.74, 6) is 0.642. The van der Waals surface area contributed by atoms with Crippen molar-refractivity contribution in [1.29, 1.82) is 0 Å². The molecule has 1 aromatic heterocycles. The minimum Gasteiger partial charge on any atom is -0.393 e. The van der Waals surface area contributed by atoms with Gasteiger partial charge in [0.25, 0.3) is 5.91 Å². The van der Waals surface area contributed by atoms with E-state index in [0.717, 1.165) is 18.7 Å². The van der Waals surface area contributed by atoms with E-state index in [0.29, 0.717) is 35.3 Å². The van der Waals surface area contributed by atoms with Crippen LogP contribution in [0.1, 0.15) is 42.0 Å². The van der Waals surface area contributed by atoms with Gasteiger partial charge >= 0.3 is 0 Å². The van der Waals surface area contributed by atoms with Crippen molar-refractivity contribution < 1.29 is 9.90 Å². The number of rotatable bonds is 4. The van der Waals surface area contributed by atoms with Crippen LogP contribution in [0.15, 0.2) is 29.4 Å². The van der Waals surface area contributed by atoms with Crippen molar-refractivity contribution in [1.82, 2.24) is 19.7 Å². The first-order valence-electron chi connectivity index (χ1n) is 8.92. The SMILES string of the molecule is CCc1nc2n(n1)C(=O)C(C(c1ccccc1Cl)N1CCC(O)CC1)S2. The number of halogens is 1. The monoisotopic (exact) mass is 392 g/mol. The number of benzene rings is 1. The fourth-order valence-electron chi connectivity index (χ4n) is 3.62. The lowest BCUT2D eigenvalue weighted by atomic mass is 9.97. The van der Waals surface area contributed by atoms with Crippen LogP contribution in [-0.2, 0) is 6.42 Å². The van der Waals surface area contributed by atoms with Crippen LogP contribution >= 0.6 is 23.4 Å². The van der Waals surface area contributed by atoms with Crippen LogP contribution in [0.3, 0.4) is 0 Å². The van der Waals surface area contributed by atoms with Crippen molar-refractivity contribution in [2.24, 2.45) is 0 Å². The van der Waals surface area contributed by atoms with Crippen LogP contribution in [-0.4, -0.2) is 55.1 Å². The molecule has 1 fully saturated rings. The van der Waals surface area contributed by atoms with Crippen LogP contribution in [0.2, 0.25) is 5.02 Å². The van der Waals surface area contributed by atoms with Gasteiger partial charge in [-0.3, -0.25) is 9.69 Å². The molecule has 2 unspecified atom stereocenters. The Labute approximate surface area is 161 Å². The summed E-state index contributed by atoms with van der Waals surface area (Å²) in [6.45, 7) is 3.44.